The summed E-state index contributed by atoms with van der Waals surface area (Å²) >= 11 is 0. The molecule has 146 valence electrons. The Balaban J connectivity index is 1.74. The maximum absolute atomic E-state index is 12.2. The van der Waals surface area contributed by atoms with Crippen LogP contribution in [-0.4, -0.2) is 54.4 Å². The minimum absolute atomic E-state index is 0.127. The molecule has 0 spiro atoms. The molecule has 27 heavy (non-hydrogen) atoms. The van der Waals surface area contributed by atoms with Gasteiger partial charge in [-0.05, 0) is 20.8 Å². The molecule has 0 radical (unpaired) electrons. The highest BCUT2D eigenvalue weighted by Crippen LogP contribution is 2.24. The monoisotopic (exact) mass is 390 g/mol. The molecular weight excluding hydrogens is 364 g/mol. The van der Waals surface area contributed by atoms with Gasteiger partial charge in [-0.15, -0.1) is 0 Å². The first kappa shape index (κ1) is 19.4. The van der Waals surface area contributed by atoms with Crippen LogP contribution in [0, 0.1) is 0 Å². The molecule has 0 atom stereocenters. The fourth-order valence-corrected chi connectivity index (χ4v) is 4.38. The van der Waals surface area contributed by atoms with Gasteiger partial charge in [0.05, 0.1) is 16.7 Å². The van der Waals surface area contributed by atoms with Crippen LogP contribution in [0.3, 0.4) is 0 Å². The number of hydrogen-bond acceptors (Lipinski definition) is 5. The van der Waals surface area contributed by atoms with E-state index in [4.69, 9.17) is 4.42 Å². The number of aliphatic imine (C=N–C) groups is 1. The highest BCUT2D eigenvalue weighted by molar-refractivity contribution is 7.92. The van der Waals surface area contributed by atoms with Crippen molar-refractivity contribution in [2.75, 3.05) is 25.4 Å². The lowest BCUT2D eigenvalue weighted by atomic mass is 10.2. The molecule has 1 N–H and O–H groups in total. The first-order chi connectivity index (χ1) is 12.8. The van der Waals surface area contributed by atoms with Crippen molar-refractivity contribution in [1.82, 2.24) is 15.2 Å². The Morgan fingerprint density at radius 2 is 2.07 bits per heavy atom. The topological polar surface area (TPSA) is 87.8 Å². The molecule has 2 aromatic rings. The zero-order valence-corrected chi connectivity index (χ0v) is 16.8. The van der Waals surface area contributed by atoms with E-state index in [-0.39, 0.29) is 5.75 Å². The molecule has 1 aromatic carbocycles. The normalized spacial score (nSPS) is 19.1. The van der Waals surface area contributed by atoms with E-state index >= 15 is 0 Å². The number of guanidine groups is 1. The third-order valence-corrected chi connectivity index (χ3v) is 7.19. The van der Waals surface area contributed by atoms with Gasteiger partial charge in [-0.2, -0.15) is 0 Å². The van der Waals surface area contributed by atoms with Crippen LogP contribution >= 0.6 is 0 Å². The molecule has 2 heterocycles. The van der Waals surface area contributed by atoms with E-state index in [0.717, 1.165) is 5.56 Å². The average molecular weight is 391 g/mol. The highest BCUT2D eigenvalue weighted by atomic mass is 32.2. The van der Waals surface area contributed by atoms with E-state index in [2.05, 4.69) is 15.3 Å². The van der Waals surface area contributed by atoms with E-state index in [0.29, 0.717) is 43.8 Å². The Bertz CT molecular complexity index is 904. The number of aromatic nitrogens is 1. The second kappa shape index (κ2) is 7.72. The van der Waals surface area contributed by atoms with E-state index in [9.17, 15) is 8.42 Å². The van der Waals surface area contributed by atoms with Gasteiger partial charge in [-0.1, -0.05) is 30.3 Å². The Morgan fingerprint density at radius 1 is 1.33 bits per heavy atom. The Labute approximate surface area is 160 Å². The van der Waals surface area contributed by atoms with Crippen LogP contribution < -0.4 is 5.32 Å². The fraction of sp³-hybridized carbons (Fsp3) is 0.474. The fourth-order valence-electron chi connectivity index (χ4n) is 3.01. The maximum atomic E-state index is 12.2. The highest BCUT2D eigenvalue weighted by Gasteiger charge is 2.40. The first-order valence-electron chi connectivity index (χ1n) is 9.08. The van der Waals surface area contributed by atoms with Crippen molar-refractivity contribution in [2.45, 2.75) is 32.1 Å². The molecule has 0 unspecified atom stereocenters. The van der Waals surface area contributed by atoms with E-state index in [1.807, 2.05) is 42.2 Å². The van der Waals surface area contributed by atoms with Crippen LogP contribution in [0.25, 0.3) is 11.3 Å². The van der Waals surface area contributed by atoms with Gasteiger partial charge in [0.15, 0.2) is 21.6 Å². The number of nitrogens with one attached hydrogen (secondary N) is 1. The second-order valence-corrected chi connectivity index (χ2v) is 9.90. The Morgan fingerprint density at radius 3 is 2.74 bits per heavy atom. The smallest absolute Gasteiger partial charge is 0.216 e. The molecule has 1 fully saturated rings. The summed E-state index contributed by atoms with van der Waals surface area (Å²) in [4.78, 5) is 10.9. The van der Waals surface area contributed by atoms with Crippen molar-refractivity contribution in [3.05, 3.63) is 42.4 Å². The SMILES string of the molecule is CCNC(=NCc1ncc(-c2ccccc2)o1)N1CCS(=O)(=O)C(C)(C)C1. The summed E-state index contributed by atoms with van der Waals surface area (Å²) in [6.45, 7) is 7.33. The zero-order valence-electron chi connectivity index (χ0n) is 16.0. The number of sulfone groups is 1. The zero-order chi connectivity index (χ0) is 19.5. The van der Waals surface area contributed by atoms with Crippen LogP contribution in [0.15, 0.2) is 45.9 Å². The quantitative estimate of drug-likeness (QED) is 0.637. The predicted octanol–water partition coefficient (Wildman–Crippen LogP) is 2.32. The van der Waals surface area contributed by atoms with Gasteiger partial charge in [-0.3, -0.25) is 0 Å². The summed E-state index contributed by atoms with van der Waals surface area (Å²) in [6.07, 6.45) is 1.70. The minimum Gasteiger partial charge on any atom is -0.439 e. The maximum Gasteiger partial charge on any atom is 0.216 e. The van der Waals surface area contributed by atoms with Gasteiger partial charge in [0.1, 0.15) is 6.54 Å². The molecule has 1 aromatic heterocycles. The van der Waals surface area contributed by atoms with Crippen molar-refractivity contribution < 1.29 is 12.8 Å². The lowest BCUT2D eigenvalue weighted by Gasteiger charge is -2.39. The van der Waals surface area contributed by atoms with Crippen molar-refractivity contribution in [2.24, 2.45) is 4.99 Å². The van der Waals surface area contributed by atoms with Gasteiger partial charge in [-0.25, -0.2) is 18.4 Å². The molecule has 1 aliphatic heterocycles. The van der Waals surface area contributed by atoms with Gasteiger partial charge in [0.2, 0.25) is 5.89 Å². The first-order valence-corrected chi connectivity index (χ1v) is 10.7. The molecule has 0 bridgehead atoms. The summed E-state index contributed by atoms with van der Waals surface area (Å²) < 4.78 is 29.5. The molecular formula is C19H26N4O3S. The van der Waals surface area contributed by atoms with Gasteiger partial charge < -0.3 is 14.6 Å². The third-order valence-electron chi connectivity index (χ3n) is 4.65. The van der Waals surface area contributed by atoms with Gasteiger partial charge in [0, 0.05) is 25.2 Å². The summed E-state index contributed by atoms with van der Waals surface area (Å²) in [7, 11) is -3.09. The number of hydrogen-bond donors (Lipinski definition) is 1. The third kappa shape index (κ3) is 4.32. The number of nitrogens with zero attached hydrogens (tertiary/aromatic N) is 3. The van der Waals surface area contributed by atoms with Crippen molar-refractivity contribution in [3.63, 3.8) is 0 Å². The van der Waals surface area contributed by atoms with Crippen LogP contribution in [0.5, 0.6) is 0 Å². The van der Waals surface area contributed by atoms with Crippen LogP contribution in [-0.2, 0) is 16.4 Å². The number of rotatable bonds is 4. The van der Waals surface area contributed by atoms with Crippen molar-refractivity contribution in [3.8, 4) is 11.3 Å². The average Bonchev–Trinajstić information content (AvgIpc) is 3.11. The lowest BCUT2D eigenvalue weighted by Crippen LogP contribution is -2.57. The molecule has 3 rings (SSSR count). The van der Waals surface area contributed by atoms with E-state index in [1.54, 1.807) is 20.0 Å². The predicted molar refractivity (Wildman–Crippen MR) is 106 cm³/mol. The molecule has 0 amide bonds. The standard InChI is InChI=1S/C19H26N4O3S/c1-4-20-18(23-10-11-27(24,25)19(2,3)14-23)22-13-17-21-12-16(26-17)15-8-6-5-7-9-15/h5-9,12H,4,10-11,13-14H2,1-3H3,(H,20,22). The van der Waals surface area contributed by atoms with Crippen LogP contribution in [0.2, 0.25) is 0 Å². The van der Waals surface area contributed by atoms with Crippen molar-refractivity contribution in [1.29, 1.82) is 0 Å². The largest absolute Gasteiger partial charge is 0.439 e. The van der Waals surface area contributed by atoms with E-state index in [1.165, 1.54) is 0 Å². The summed E-state index contributed by atoms with van der Waals surface area (Å²) in [6, 6.07) is 9.78. The molecule has 8 heteroatoms. The number of oxazole rings is 1. The molecule has 1 saturated heterocycles. The summed E-state index contributed by atoms with van der Waals surface area (Å²) in [5, 5.41) is 3.24. The number of benzene rings is 1. The summed E-state index contributed by atoms with van der Waals surface area (Å²) in [5.74, 6) is 2.03. The summed E-state index contributed by atoms with van der Waals surface area (Å²) in [5.41, 5.74) is 0.968. The van der Waals surface area contributed by atoms with Crippen LogP contribution in [0.1, 0.15) is 26.7 Å². The lowest BCUT2D eigenvalue weighted by molar-refractivity contribution is 0.352. The Hall–Kier alpha value is -2.35. The molecule has 0 aliphatic carbocycles. The van der Waals surface area contributed by atoms with Crippen molar-refractivity contribution >= 4 is 15.8 Å². The van der Waals surface area contributed by atoms with Gasteiger partial charge in [0.25, 0.3) is 0 Å². The molecule has 0 saturated carbocycles. The van der Waals surface area contributed by atoms with Gasteiger partial charge >= 0.3 is 0 Å². The van der Waals surface area contributed by atoms with Crippen LogP contribution in [0.4, 0.5) is 0 Å². The minimum atomic E-state index is -3.09. The van der Waals surface area contributed by atoms with E-state index < -0.39 is 14.6 Å². The molecule has 7 nitrogen and oxygen atoms in total. The second-order valence-electron chi connectivity index (χ2n) is 7.15. The molecule has 1 aliphatic rings. The Kier molecular flexibility index (Phi) is 5.55.